The summed E-state index contributed by atoms with van der Waals surface area (Å²) in [5.41, 5.74) is 14.3. The zero-order valence-corrected chi connectivity index (χ0v) is 28.9. The van der Waals surface area contributed by atoms with Gasteiger partial charge < -0.3 is 13.7 Å². The van der Waals surface area contributed by atoms with Crippen LogP contribution in [0.15, 0.2) is 200 Å². The van der Waals surface area contributed by atoms with Crippen LogP contribution < -0.4 is 0 Å². The van der Waals surface area contributed by atoms with Crippen LogP contribution in [0.5, 0.6) is 0 Å². The molecular formula is C50H33N3. The van der Waals surface area contributed by atoms with Crippen LogP contribution in [0.3, 0.4) is 0 Å². The van der Waals surface area contributed by atoms with Crippen molar-refractivity contribution in [3.8, 4) is 39.3 Å². The van der Waals surface area contributed by atoms with Gasteiger partial charge in [-0.3, -0.25) is 0 Å². The molecule has 0 amide bonds. The monoisotopic (exact) mass is 675 g/mol. The van der Waals surface area contributed by atoms with Gasteiger partial charge in [-0.15, -0.1) is 0 Å². The SMILES string of the molecule is c1ccc(-c2ccc3c(c2)c2cc(-c4ccccc4)ccc2n3-c2cccc(-n3ccc4c3ccc3c5ccccc5n(-c5ccccc5)c34)c2)cc1. The lowest BCUT2D eigenvalue weighted by atomic mass is 10.0. The summed E-state index contributed by atoms with van der Waals surface area (Å²) < 4.78 is 7.17. The van der Waals surface area contributed by atoms with Gasteiger partial charge in [0.1, 0.15) is 0 Å². The highest BCUT2D eigenvalue weighted by Gasteiger charge is 2.18. The molecule has 0 atom stereocenters. The van der Waals surface area contributed by atoms with Gasteiger partial charge in [0.2, 0.25) is 0 Å². The first-order chi connectivity index (χ1) is 26.3. The van der Waals surface area contributed by atoms with Gasteiger partial charge in [-0.2, -0.15) is 0 Å². The van der Waals surface area contributed by atoms with E-state index in [1.807, 2.05) is 0 Å². The molecule has 0 aliphatic rings. The van der Waals surface area contributed by atoms with E-state index in [0.29, 0.717) is 0 Å². The number of rotatable bonds is 5. The van der Waals surface area contributed by atoms with Crippen LogP contribution >= 0.6 is 0 Å². The minimum Gasteiger partial charge on any atom is -0.316 e. The third kappa shape index (κ3) is 4.61. The van der Waals surface area contributed by atoms with E-state index in [1.54, 1.807) is 0 Å². The largest absolute Gasteiger partial charge is 0.316 e. The van der Waals surface area contributed by atoms with Crippen LogP contribution in [-0.4, -0.2) is 13.7 Å². The standard InChI is InChI=1S/C50H33N3/c1-4-13-34(14-5-1)36-23-26-48-44(31-36)45-32-37(35-15-6-2-7-16-35)24-27-49(45)52(48)40-20-12-19-39(33-40)51-30-29-43-46(51)28-25-42-41-21-10-11-22-47(41)53(50(42)43)38-17-8-3-9-18-38/h1-33H. The summed E-state index contributed by atoms with van der Waals surface area (Å²) in [6.45, 7) is 0. The third-order valence-electron chi connectivity index (χ3n) is 10.9. The predicted octanol–water partition coefficient (Wildman–Crippen LogP) is 13.2. The van der Waals surface area contributed by atoms with Crippen LogP contribution in [0.25, 0.3) is 93.8 Å². The Balaban J connectivity index is 1.11. The fraction of sp³-hybridized carbons (Fsp3) is 0. The van der Waals surface area contributed by atoms with Crippen molar-refractivity contribution < 1.29 is 0 Å². The van der Waals surface area contributed by atoms with Gasteiger partial charge in [0.25, 0.3) is 0 Å². The first-order valence-corrected chi connectivity index (χ1v) is 18.2. The number of para-hydroxylation sites is 2. The highest BCUT2D eigenvalue weighted by atomic mass is 15.0. The molecule has 0 saturated carbocycles. The average Bonchev–Trinajstić information content (AvgIpc) is 3.92. The number of fused-ring (bicyclic) bond motifs is 8. The van der Waals surface area contributed by atoms with Crippen molar-refractivity contribution in [1.82, 2.24) is 13.7 Å². The quantitative estimate of drug-likeness (QED) is 0.172. The summed E-state index contributed by atoms with van der Waals surface area (Å²) in [7, 11) is 0. The average molecular weight is 676 g/mol. The highest BCUT2D eigenvalue weighted by Crippen LogP contribution is 2.40. The second-order valence-corrected chi connectivity index (χ2v) is 13.8. The Bertz CT molecular complexity index is 3050. The Morgan fingerprint density at radius 3 is 1.49 bits per heavy atom. The molecule has 0 fully saturated rings. The van der Waals surface area contributed by atoms with E-state index in [-0.39, 0.29) is 0 Å². The predicted molar refractivity (Wildman–Crippen MR) is 223 cm³/mol. The van der Waals surface area contributed by atoms with E-state index >= 15 is 0 Å². The zero-order chi connectivity index (χ0) is 34.9. The number of nitrogens with zero attached hydrogens (tertiary/aromatic N) is 3. The lowest BCUT2D eigenvalue weighted by Crippen LogP contribution is -1.98. The summed E-state index contributed by atoms with van der Waals surface area (Å²) in [4.78, 5) is 0. The van der Waals surface area contributed by atoms with Crippen LogP contribution in [0.2, 0.25) is 0 Å². The number of benzene rings is 8. The summed E-state index contributed by atoms with van der Waals surface area (Å²) >= 11 is 0. The maximum Gasteiger partial charge on any atom is 0.0635 e. The van der Waals surface area contributed by atoms with Crippen molar-refractivity contribution >= 4 is 54.5 Å². The van der Waals surface area contributed by atoms with Crippen molar-refractivity contribution in [2.24, 2.45) is 0 Å². The zero-order valence-electron chi connectivity index (χ0n) is 28.9. The lowest BCUT2D eigenvalue weighted by molar-refractivity contribution is 1.10. The van der Waals surface area contributed by atoms with Gasteiger partial charge in [0.05, 0.1) is 27.6 Å². The second-order valence-electron chi connectivity index (χ2n) is 13.8. The number of hydrogen-bond donors (Lipinski definition) is 0. The van der Waals surface area contributed by atoms with Crippen molar-refractivity contribution in [2.75, 3.05) is 0 Å². The maximum absolute atomic E-state index is 2.43. The molecule has 0 unspecified atom stereocenters. The maximum atomic E-state index is 2.43. The summed E-state index contributed by atoms with van der Waals surface area (Å²) in [6, 6.07) is 70.4. The van der Waals surface area contributed by atoms with Gasteiger partial charge in [-0.1, -0.05) is 121 Å². The van der Waals surface area contributed by atoms with Crippen LogP contribution in [0.1, 0.15) is 0 Å². The molecule has 0 aliphatic carbocycles. The molecule has 3 heterocycles. The molecule has 0 spiro atoms. The van der Waals surface area contributed by atoms with Gasteiger partial charge in [0, 0.05) is 50.2 Å². The normalized spacial score (nSPS) is 11.8. The minimum absolute atomic E-state index is 1.12. The van der Waals surface area contributed by atoms with Gasteiger partial charge in [-0.05, 0) is 95.1 Å². The topological polar surface area (TPSA) is 14.8 Å². The van der Waals surface area contributed by atoms with Crippen LogP contribution in [0, 0.1) is 0 Å². The lowest BCUT2D eigenvalue weighted by Gasteiger charge is -2.13. The first-order valence-electron chi connectivity index (χ1n) is 18.2. The Kier molecular flexibility index (Phi) is 6.55. The Morgan fingerprint density at radius 2 is 0.811 bits per heavy atom. The molecule has 11 rings (SSSR count). The molecule has 0 aliphatic heterocycles. The molecule has 3 heteroatoms. The van der Waals surface area contributed by atoms with Crippen molar-refractivity contribution in [3.63, 3.8) is 0 Å². The Morgan fingerprint density at radius 1 is 0.264 bits per heavy atom. The van der Waals surface area contributed by atoms with E-state index < -0.39 is 0 Å². The molecule has 3 nitrogen and oxygen atoms in total. The summed E-state index contributed by atoms with van der Waals surface area (Å²) in [5.74, 6) is 0. The van der Waals surface area contributed by atoms with Gasteiger partial charge >= 0.3 is 0 Å². The fourth-order valence-electron chi connectivity index (χ4n) is 8.45. The Labute approximate surface area is 306 Å². The van der Waals surface area contributed by atoms with Crippen LogP contribution in [-0.2, 0) is 0 Å². The molecule has 0 radical (unpaired) electrons. The van der Waals surface area contributed by atoms with Gasteiger partial charge in [0.15, 0.2) is 0 Å². The molecule has 0 saturated heterocycles. The van der Waals surface area contributed by atoms with Gasteiger partial charge in [-0.25, -0.2) is 0 Å². The van der Waals surface area contributed by atoms with E-state index in [0.717, 1.165) is 17.1 Å². The van der Waals surface area contributed by atoms with E-state index in [9.17, 15) is 0 Å². The first kappa shape index (κ1) is 29.6. The van der Waals surface area contributed by atoms with E-state index in [1.165, 1.54) is 76.8 Å². The summed E-state index contributed by atoms with van der Waals surface area (Å²) in [6.07, 6.45) is 2.22. The van der Waals surface area contributed by atoms with E-state index in [2.05, 4.69) is 214 Å². The fourth-order valence-corrected chi connectivity index (χ4v) is 8.45. The molecular weight excluding hydrogens is 643 g/mol. The molecule has 0 N–H and O–H groups in total. The molecule has 248 valence electrons. The van der Waals surface area contributed by atoms with Crippen molar-refractivity contribution in [1.29, 1.82) is 0 Å². The molecule has 53 heavy (non-hydrogen) atoms. The van der Waals surface area contributed by atoms with E-state index in [4.69, 9.17) is 0 Å². The molecule has 3 aromatic heterocycles. The smallest absolute Gasteiger partial charge is 0.0635 e. The molecule has 0 bridgehead atoms. The third-order valence-corrected chi connectivity index (χ3v) is 10.9. The van der Waals surface area contributed by atoms with Crippen LogP contribution in [0.4, 0.5) is 0 Å². The summed E-state index contributed by atoms with van der Waals surface area (Å²) in [5, 5.41) is 6.24. The highest BCUT2D eigenvalue weighted by molar-refractivity contribution is 6.18. The second kappa shape index (κ2) is 11.7. The van der Waals surface area contributed by atoms with Crippen molar-refractivity contribution in [3.05, 3.63) is 200 Å². The number of hydrogen-bond acceptors (Lipinski definition) is 0. The minimum atomic E-state index is 1.12. The molecule has 11 aromatic rings. The Hall–Kier alpha value is -7.10. The number of aromatic nitrogens is 3. The molecule has 8 aromatic carbocycles. The van der Waals surface area contributed by atoms with Crippen molar-refractivity contribution in [2.45, 2.75) is 0 Å².